The molecule has 0 amide bonds. The molecule has 3 heteroatoms. The molecular formula is C21H38O3. The molecule has 1 atom stereocenters. The molecule has 0 radical (unpaired) electrons. The van der Waals surface area contributed by atoms with E-state index < -0.39 is 0 Å². The van der Waals surface area contributed by atoms with Gasteiger partial charge in [-0.2, -0.15) is 0 Å². The molecule has 0 fully saturated rings. The van der Waals surface area contributed by atoms with Crippen LogP contribution in [0.2, 0.25) is 0 Å². The van der Waals surface area contributed by atoms with Crippen LogP contribution >= 0.6 is 0 Å². The SMILES string of the molecule is CCCCCC(O)/C=C/C=C\CCCCCCCCCC(=O)OC. The first-order valence-electron chi connectivity index (χ1n) is 9.79. The van der Waals surface area contributed by atoms with E-state index in [1.807, 2.05) is 12.2 Å². The number of allylic oxidation sites excluding steroid dienone is 3. The highest BCUT2D eigenvalue weighted by Crippen LogP contribution is 2.10. The number of aliphatic hydroxyl groups is 1. The summed E-state index contributed by atoms with van der Waals surface area (Å²) in [5.41, 5.74) is 0. The van der Waals surface area contributed by atoms with Gasteiger partial charge < -0.3 is 9.84 Å². The quantitative estimate of drug-likeness (QED) is 0.222. The van der Waals surface area contributed by atoms with E-state index >= 15 is 0 Å². The minimum atomic E-state index is -0.291. The van der Waals surface area contributed by atoms with Crippen molar-refractivity contribution in [1.29, 1.82) is 0 Å². The number of rotatable bonds is 16. The zero-order valence-electron chi connectivity index (χ0n) is 15.8. The van der Waals surface area contributed by atoms with Crippen molar-refractivity contribution in [2.24, 2.45) is 0 Å². The molecular weight excluding hydrogens is 300 g/mol. The lowest BCUT2D eigenvalue weighted by atomic mass is 10.1. The molecule has 0 spiro atoms. The minimum Gasteiger partial charge on any atom is -0.469 e. The molecule has 0 aromatic heterocycles. The summed E-state index contributed by atoms with van der Waals surface area (Å²) >= 11 is 0. The summed E-state index contributed by atoms with van der Waals surface area (Å²) in [7, 11) is 1.45. The number of carbonyl (C=O) groups is 1. The van der Waals surface area contributed by atoms with Crippen LogP contribution in [-0.2, 0) is 9.53 Å². The van der Waals surface area contributed by atoms with Crippen LogP contribution in [0, 0.1) is 0 Å². The Kier molecular flexibility index (Phi) is 17.4. The Morgan fingerprint density at radius 1 is 0.958 bits per heavy atom. The van der Waals surface area contributed by atoms with Crippen LogP contribution in [0.3, 0.4) is 0 Å². The third kappa shape index (κ3) is 17.3. The van der Waals surface area contributed by atoms with Crippen molar-refractivity contribution in [3.8, 4) is 0 Å². The Balaban J connectivity index is 3.33. The molecule has 0 aromatic carbocycles. The number of hydrogen-bond acceptors (Lipinski definition) is 3. The second kappa shape index (κ2) is 18.3. The van der Waals surface area contributed by atoms with Gasteiger partial charge in [0.2, 0.25) is 0 Å². The van der Waals surface area contributed by atoms with Crippen LogP contribution in [0.5, 0.6) is 0 Å². The highest BCUT2D eigenvalue weighted by Gasteiger charge is 1.99. The van der Waals surface area contributed by atoms with E-state index in [1.54, 1.807) is 0 Å². The number of ether oxygens (including phenoxy) is 1. The molecule has 0 saturated heterocycles. The zero-order valence-corrected chi connectivity index (χ0v) is 15.8. The van der Waals surface area contributed by atoms with E-state index in [9.17, 15) is 9.90 Å². The lowest BCUT2D eigenvalue weighted by molar-refractivity contribution is -0.140. The lowest BCUT2D eigenvalue weighted by Crippen LogP contribution is -2.00. The van der Waals surface area contributed by atoms with Crippen LogP contribution in [0.1, 0.15) is 90.4 Å². The van der Waals surface area contributed by atoms with Gasteiger partial charge in [0.1, 0.15) is 0 Å². The first-order valence-corrected chi connectivity index (χ1v) is 9.79. The van der Waals surface area contributed by atoms with E-state index in [-0.39, 0.29) is 12.1 Å². The molecule has 0 heterocycles. The molecule has 24 heavy (non-hydrogen) atoms. The lowest BCUT2D eigenvalue weighted by Gasteiger charge is -2.03. The van der Waals surface area contributed by atoms with E-state index in [2.05, 4.69) is 23.8 Å². The van der Waals surface area contributed by atoms with E-state index in [0.29, 0.717) is 6.42 Å². The van der Waals surface area contributed by atoms with Gasteiger partial charge in [0.15, 0.2) is 0 Å². The molecule has 0 rings (SSSR count). The van der Waals surface area contributed by atoms with Gasteiger partial charge in [0.05, 0.1) is 13.2 Å². The van der Waals surface area contributed by atoms with Crippen LogP contribution in [0.4, 0.5) is 0 Å². The highest BCUT2D eigenvalue weighted by molar-refractivity contribution is 5.68. The molecule has 0 aliphatic heterocycles. The standard InChI is InChI=1S/C21H38O3/c1-3-4-14-17-20(22)18-15-12-10-8-6-5-7-9-11-13-16-19-21(23)24-2/h10,12,15,18,20,22H,3-9,11,13-14,16-17,19H2,1-2H3/b12-10-,18-15+. The fourth-order valence-electron chi connectivity index (χ4n) is 2.58. The predicted octanol–water partition coefficient (Wildman–Crippen LogP) is 5.72. The van der Waals surface area contributed by atoms with Crippen LogP contribution in [0.15, 0.2) is 24.3 Å². The van der Waals surface area contributed by atoms with Crippen molar-refractivity contribution >= 4 is 5.97 Å². The van der Waals surface area contributed by atoms with E-state index in [1.165, 1.54) is 52.1 Å². The number of aliphatic hydroxyl groups excluding tert-OH is 1. The fourth-order valence-corrected chi connectivity index (χ4v) is 2.58. The van der Waals surface area contributed by atoms with Gasteiger partial charge in [0.25, 0.3) is 0 Å². The summed E-state index contributed by atoms with van der Waals surface area (Å²) in [6.07, 6.45) is 22.2. The van der Waals surface area contributed by atoms with Gasteiger partial charge in [-0.15, -0.1) is 0 Å². The third-order valence-electron chi connectivity index (χ3n) is 4.16. The Hall–Kier alpha value is -1.09. The number of carbonyl (C=O) groups excluding carboxylic acids is 1. The van der Waals surface area contributed by atoms with Crippen molar-refractivity contribution in [3.63, 3.8) is 0 Å². The molecule has 3 nitrogen and oxygen atoms in total. The predicted molar refractivity (Wildman–Crippen MR) is 102 cm³/mol. The average Bonchev–Trinajstić information content (AvgIpc) is 2.58. The monoisotopic (exact) mass is 338 g/mol. The van der Waals surface area contributed by atoms with Crippen LogP contribution < -0.4 is 0 Å². The number of hydrogen-bond donors (Lipinski definition) is 1. The molecule has 0 saturated carbocycles. The second-order valence-electron chi connectivity index (χ2n) is 6.47. The summed E-state index contributed by atoms with van der Waals surface area (Å²) in [6.45, 7) is 2.18. The van der Waals surface area contributed by atoms with Crippen molar-refractivity contribution in [1.82, 2.24) is 0 Å². The van der Waals surface area contributed by atoms with Crippen molar-refractivity contribution in [3.05, 3.63) is 24.3 Å². The Morgan fingerprint density at radius 2 is 1.62 bits per heavy atom. The summed E-state index contributed by atoms with van der Waals surface area (Å²) in [5, 5.41) is 9.74. The van der Waals surface area contributed by atoms with Gasteiger partial charge in [-0.05, 0) is 25.7 Å². The second-order valence-corrected chi connectivity index (χ2v) is 6.47. The smallest absolute Gasteiger partial charge is 0.305 e. The zero-order chi connectivity index (χ0) is 17.9. The van der Waals surface area contributed by atoms with E-state index in [4.69, 9.17) is 0 Å². The third-order valence-corrected chi connectivity index (χ3v) is 4.16. The van der Waals surface area contributed by atoms with Gasteiger partial charge >= 0.3 is 5.97 Å². The van der Waals surface area contributed by atoms with Crippen molar-refractivity contribution < 1.29 is 14.6 Å². The summed E-state index contributed by atoms with van der Waals surface area (Å²) in [4.78, 5) is 10.9. The molecule has 140 valence electrons. The van der Waals surface area contributed by atoms with Crippen LogP contribution in [0.25, 0.3) is 0 Å². The maximum absolute atomic E-state index is 10.9. The maximum atomic E-state index is 10.9. The summed E-state index contributed by atoms with van der Waals surface area (Å²) in [5.74, 6) is -0.0932. The van der Waals surface area contributed by atoms with Crippen molar-refractivity contribution in [2.75, 3.05) is 7.11 Å². The topological polar surface area (TPSA) is 46.5 Å². The van der Waals surface area contributed by atoms with E-state index in [0.717, 1.165) is 32.1 Å². The van der Waals surface area contributed by atoms with Gasteiger partial charge in [-0.1, -0.05) is 82.6 Å². The normalized spacial score (nSPS) is 13.0. The molecule has 0 aliphatic rings. The number of esters is 1. The molecule has 1 N–H and O–H groups in total. The first-order chi connectivity index (χ1) is 11.7. The fraction of sp³-hybridized carbons (Fsp3) is 0.762. The highest BCUT2D eigenvalue weighted by atomic mass is 16.5. The largest absolute Gasteiger partial charge is 0.469 e. The summed E-state index contributed by atoms with van der Waals surface area (Å²) in [6, 6.07) is 0. The Labute approximate surface area is 149 Å². The molecule has 1 unspecified atom stereocenters. The Bertz CT molecular complexity index is 334. The summed E-state index contributed by atoms with van der Waals surface area (Å²) < 4.78 is 4.62. The van der Waals surface area contributed by atoms with Gasteiger partial charge in [-0.3, -0.25) is 4.79 Å². The number of methoxy groups -OCH3 is 1. The number of unbranched alkanes of at least 4 members (excludes halogenated alkanes) is 9. The first kappa shape index (κ1) is 22.9. The molecule has 0 aromatic rings. The Morgan fingerprint density at radius 3 is 2.29 bits per heavy atom. The minimum absolute atomic E-state index is 0.0932. The maximum Gasteiger partial charge on any atom is 0.305 e. The van der Waals surface area contributed by atoms with Crippen molar-refractivity contribution in [2.45, 2.75) is 96.5 Å². The molecule has 0 bridgehead atoms. The van der Waals surface area contributed by atoms with Gasteiger partial charge in [0, 0.05) is 6.42 Å². The average molecular weight is 339 g/mol. The molecule has 0 aliphatic carbocycles. The van der Waals surface area contributed by atoms with Gasteiger partial charge in [-0.25, -0.2) is 0 Å². The van der Waals surface area contributed by atoms with Crippen LogP contribution in [-0.4, -0.2) is 24.3 Å².